The van der Waals surface area contributed by atoms with Crippen molar-refractivity contribution in [1.82, 2.24) is 85.4 Å². The zero-order chi connectivity index (χ0) is 99.4. The number of aromatic nitrogens is 15. The Hall–Kier alpha value is -15.3. The molecule has 4 fully saturated rings. The van der Waals surface area contributed by atoms with E-state index in [1.807, 2.05) is 161 Å². The Morgan fingerprint density at radius 2 is 0.720 bits per heavy atom. The van der Waals surface area contributed by atoms with Crippen LogP contribution in [-0.4, -0.2) is 251 Å². The highest BCUT2D eigenvalue weighted by atomic mass is 16.5. The van der Waals surface area contributed by atoms with E-state index in [-0.39, 0.29) is 56.8 Å². The summed E-state index contributed by atoms with van der Waals surface area (Å²) >= 11 is 0. The molecule has 3 saturated heterocycles. The molecule has 3 aliphatic heterocycles. The fraction of sp³-hybridized carbons (Fsp3) is 0.359. The normalized spacial score (nSPS) is 14.6. The summed E-state index contributed by atoms with van der Waals surface area (Å²) in [4.78, 5) is 66.6. The van der Waals surface area contributed by atoms with Crippen LogP contribution in [0.3, 0.4) is 0 Å². The molecule has 4 aliphatic rings. The lowest BCUT2D eigenvalue weighted by molar-refractivity contribution is -0.000950. The summed E-state index contributed by atoms with van der Waals surface area (Å²) in [6.07, 6.45) is 22.5. The number of ether oxygens (including phenoxy) is 7. The Morgan fingerprint density at radius 3 is 1.03 bits per heavy atom. The fourth-order valence-corrected chi connectivity index (χ4v) is 15.3. The van der Waals surface area contributed by atoms with Crippen molar-refractivity contribution in [3.63, 3.8) is 0 Å². The van der Waals surface area contributed by atoms with Gasteiger partial charge in [0.05, 0.1) is 120 Å². The van der Waals surface area contributed by atoms with E-state index in [4.69, 9.17) is 58.7 Å². The monoisotopic (exact) mass is 1940 g/mol. The van der Waals surface area contributed by atoms with E-state index in [0.29, 0.717) is 165 Å². The maximum Gasteiger partial charge on any atom is 0.253 e. The summed E-state index contributed by atoms with van der Waals surface area (Å²) < 4.78 is 40.2. The van der Waals surface area contributed by atoms with Crippen LogP contribution in [-0.2, 0) is 9.47 Å². The van der Waals surface area contributed by atoms with Crippen molar-refractivity contribution in [2.24, 2.45) is 17.8 Å². The number of morpholine rings is 1. The van der Waals surface area contributed by atoms with Crippen LogP contribution in [0.25, 0.3) is 53.9 Å². The molecule has 0 radical (unpaired) electrons. The average molecular weight is 1940 g/mol. The number of fused-ring (bicyclic) bond motifs is 5. The molecule has 1 unspecified atom stereocenters. The van der Waals surface area contributed by atoms with E-state index >= 15 is 0 Å². The molecule has 40 nitrogen and oxygen atoms in total. The SMILES string of the molecule is Cc1ncc(Nc2cc3cccc(NCCO)c3cn2)nc1OCC1CC1.Cc1ncc(Nc2cc3cccc(NCCO)c3cn2)nc1OCC1CCOC1.Cc1ncc(Nc2cc3cccc(NCCO)c3cn2)nc1OCCC(C)C.Cc1ncc(Nc2cc3cccc(NCCO)c3cn2)nc1OC[C@H]1CNCCO1.N#Cc1ncc(Nc2cc3cccc(NCCO)c3cn2)nc1O[C@@H]1CCNC1. The van der Waals surface area contributed by atoms with Crippen LogP contribution in [0.2, 0.25) is 0 Å². The third-order valence-corrected chi connectivity index (χ3v) is 23.0. The number of nitrogens with one attached hydrogen (secondary N) is 12. The first kappa shape index (κ1) is 102. The molecule has 746 valence electrons. The Morgan fingerprint density at radius 1 is 0.378 bits per heavy atom. The molecule has 17 N–H and O–H groups in total. The van der Waals surface area contributed by atoms with Crippen molar-refractivity contribution >= 4 is 140 Å². The molecule has 13 heterocycles. The van der Waals surface area contributed by atoms with Crippen molar-refractivity contribution in [3.05, 3.63) is 212 Å². The number of anilines is 15. The van der Waals surface area contributed by atoms with Gasteiger partial charge in [-0.3, -0.25) is 19.9 Å². The Balaban J connectivity index is 0.000000135. The molecule has 10 aromatic heterocycles. The van der Waals surface area contributed by atoms with Gasteiger partial charge in [0, 0.05) is 151 Å². The van der Waals surface area contributed by atoms with Crippen molar-refractivity contribution < 1.29 is 58.7 Å². The summed E-state index contributed by atoms with van der Waals surface area (Å²) in [6.45, 7) is 22.5. The van der Waals surface area contributed by atoms with Gasteiger partial charge in [0.15, 0.2) is 29.1 Å². The summed E-state index contributed by atoms with van der Waals surface area (Å²) in [5.41, 5.74) is 7.86. The number of aryl methyl sites for hydroxylation is 4. The highest BCUT2D eigenvalue weighted by Crippen LogP contribution is 2.36. The second-order valence-electron chi connectivity index (χ2n) is 34.5. The standard InChI is InChI=1S/C21H26N6O3.C21H25N5O3.C21H27N5O2.C20H21N7O2.C20H23N5O2/c1-14-21(30-13-16-10-22-6-8-29-16)27-20(12-24-14)26-19-9-15-3-2-4-18(23-5-7-28)17(15)11-25-19;1-14-21(29-13-15-5-8-28-12-15)26-20(11-23-14)25-19-9-16-3-2-4-18(22-6-7-27)17(16)10-24-19;1-14(2)7-10-28-21-15(3)23-13-20(26-21)25-19-11-16-5-4-6-18(22-8-9-27)17(16)12-24-19;21-9-17-20(29-14-4-5-22-10-14)27-19(12-24-17)26-18-8-13-2-1-3-16(23-6-7-28)15(13)11-25-18;1-13-20(27-12-14-5-6-14)25-19(11-22-13)24-18-9-15-3-2-4-17(21-7-8-26)16(15)10-23-18/h2-4,9,11-12,16,22-23,28H,5-8,10,13H2,1H3,(H,25,26,27);2-4,9-11,15,22,27H,5-8,12-13H2,1H3,(H,24,25,26);4-6,11-14,22,27H,7-10H2,1-3H3,(H,24,25,26);1-3,8,11-12,14,22-23,28H,4-7,10H2,(H,25,26,27);2-4,9-11,14,21,26H,5-8,12H2,1H3,(H,23,24,25)/t16-;;;14-;/m1..1./s1. The topological polar surface area (TPSA) is 527 Å². The number of hydrogen-bond donors (Lipinski definition) is 17. The highest BCUT2D eigenvalue weighted by Gasteiger charge is 2.26. The van der Waals surface area contributed by atoms with Gasteiger partial charge in [0.2, 0.25) is 29.2 Å². The van der Waals surface area contributed by atoms with Gasteiger partial charge in [-0.05, 0) is 166 Å². The van der Waals surface area contributed by atoms with Gasteiger partial charge < -0.3 is 122 Å². The molecule has 19 rings (SSSR count). The molecule has 0 amide bonds. The molecule has 5 aromatic carbocycles. The number of aliphatic hydroxyl groups is 5. The minimum atomic E-state index is -0.0183. The summed E-state index contributed by atoms with van der Waals surface area (Å²) in [5.74, 6) is 10.1. The molecule has 0 bridgehead atoms. The summed E-state index contributed by atoms with van der Waals surface area (Å²) in [6, 6.07) is 41.5. The second kappa shape index (κ2) is 52.3. The van der Waals surface area contributed by atoms with E-state index in [1.165, 1.54) is 19.0 Å². The molecule has 1 aliphatic carbocycles. The van der Waals surface area contributed by atoms with Gasteiger partial charge in [0.1, 0.15) is 54.0 Å². The highest BCUT2D eigenvalue weighted by molar-refractivity contribution is 5.99. The third kappa shape index (κ3) is 29.9. The maximum atomic E-state index is 9.28. The zero-order valence-corrected chi connectivity index (χ0v) is 80.8. The third-order valence-electron chi connectivity index (χ3n) is 23.0. The number of aliphatic hydroxyl groups excluding tert-OH is 5. The van der Waals surface area contributed by atoms with Gasteiger partial charge in [0.25, 0.3) is 5.88 Å². The molecule has 1 saturated carbocycles. The maximum absolute atomic E-state index is 9.28. The Labute approximate surface area is 827 Å². The van der Waals surface area contributed by atoms with E-state index in [1.54, 1.807) is 49.6 Å². The van der Waals surface area contributed by atoms with Gasteiger partial charge in [-0.2, -0.15) is 30.2 Å². The lowest BCUT2D eigenvalue weighted by Crippen LogP contribution is -2.41. The second-order valence-corrected chi connectivity index (χ2v) is 34.5. The number of nitriles is 1. The molecule has 3 atom stereocenters. The van der Waals surface area contributed by atoms with Crippen LogP contribution in [0.4, 0.5) is 86.6 Å². The summed E-state index contributed by atoms with van der Waals surface area (Å²) in [5, 5.41) is 103. The first-order valence-corrected chi connectivity index (χ1v) is 47.9. The molecular formula is C103H122N28O12. The number of nitrogens with zero attached hydrogens (tertiary/aromatic N) is 16. The fourth-order valence-electron chi connectivity index (χ4n) is 15.3. The van der Waals surface area contributed by atoms with Crippen LogP contribution >= 0.6 is 0 Å². The molecular weight excluding hydrogens is 1820 g/mol. The van der Waals surface area contributed by atoms with Crippen LogP contribution in [0, 0.1) is 56.8 Å². The van der Waals surface area contributed by atoms with Crippen molar-refractivity contribution in [3.8, 4) is 35.5 Å². The molecule has 143 heavy (non-hydrogen) atoms. The van der Waals surface area contributed by atoms with Crippen LogP contribution < -0.4 is 87.5 Å². The predicted molar refractivity (Wildman–Crippen MR) is 554 cm³/mol. The van der Waals surface area contributed by atoms with Crippen molar-refractivity contribution in [2.75, 3.05) is 191 Å². The quantitative estimate of drug-likeness (QED) is 0.0170. The van der Waals surface area contributed by atoms with Gasteiger partial charge >= 0.3 is 0 Å². The van der Waals surface area contributed by atoms with E-state index in [0.717, 1.165) is 164 Å². The zero-order valence-electron chi connectivity index (χ0n) is 80.8. The van der Waals surface area contributed by atoms with Gasteiger partial charge in [-0.25, -0.2) is 29.9 Å². The van der Waals surface area contributed by atoms with Crippen molar-refractivity contribution in [2.45, 2.75) is 85.9 Å². The van der Waals surface area contributed by atoms with E-state index in [9.17, 15) is 5.26 Å². The molecule has 40 heteroatoms. The number of rotatable bonds is 40. The largest absolute Gasteiger partial charge is 0.476 e. The Bertz CT molecular complexity index is 6730. The molecule has 15 aromatic rings. The lowest BCUT2D eigenvalue weighted by Gasteiger charge is -2.23. The molecule has 0 spiro atoms. The first-order chi connectivity index (χ1) is 70.0. The van der Waals surface area contributed by atoms with Crippen LogP contribution in [0.5, 0.6) is 29.4 Å². The first-order valence-electron chi connectivity index (χ1n) is 47.9. The average Bonchev–Trinajstić information content (AvgIpc) is 1.82. The van der Waals surface area contributed by atoms with Crippen molar-refractivity contribution in [1.29, 1.82) is 5.26 Å². The van der Waals surface area contributed by atoms with Crippen LogP contribution in [0.1, 0.15) is 74.4 Å². The van der Waals surface area contributed by atoms with E-state index in [2.05, 4.69) is 152 Å². The number of benzene rings is 5. The minimum absolute atomic E-state index is 0.00681. The number of pyridine rings is 5. The smallest absolute Gasteiger partial charge is 0.253 e. The van der Waals surface area contributed by atoms with Gasteiger partial charge in [-0.1, -0.05) is 74.5 Å². The van der Waals surface area contributed by atoms with Crippen LogP contribution in [0.15, 0.2) is 183 Å². The lowest BCUT2D eigenvalue weighted by atomic mass is 10.1. The minimum Gasteiger partial charge on any atom is -0.476 e. The summed E-state index contributed by atoms with van der Waals surface area (Å²) in [7, 11) is 0. The Kier molecular flexibility index (Phi) is 37.3. The predicted octanol–water partition coefficient (Wildman–Crippen LogP) is 13.7. The van der Waals surface area contributed by atoms with E-state index < -0.39 is 0 Å². The van der Waals surface area contributed by atoms with Gasteiger partial charge in [-0.15, -0.1) is 0 Å². The number of hydrogen-bond acceptors (Lipinski definition) is 40.